The Morgan fingerprint density at radius 1 is 1.14 bits per heavy atom. The van der Waals surface area contributed by atoms with Crippen molar-refractivity contribution in [3.63, 3.8) is 0 Å². The van der Waals surface area contributed by atoms with E-state index in [0.29, 0.717) is 26.5 Å². The van der Waals surface area contributed by atoms with Crippen molar-refractivity contribution in [1.29, 1.82) is 0 Å². The molecule has 0 bridgehead atoms. The van der Waals surface area contributed by atoms with Crippen molar-refractivity contribution in [1.82, 2.24) is 9.55 Å². The molecular formula is C18H15Cl4N3O4. The molecule has 0 spiro atoms. The maximum Gasteiger partial charge on any atom is 0.291 e. The Kier molecular flexibility index (Phi) is 8.55. The van der Waals surface area contributed by atoms with Crippen molar-refractivity contribution < 1.29 is 15.0 Å². The SMILES string of the molecule is COC(Cc1nccn1-c1ccc(Cl)cc1Cl)c1ccc(Cl)cc1Cl.O=[N+]([O-])O. The quantitative estimate of drug-likeness (QED) is 0.355. The van der Waals surface area contributed by atoms with Crippen LogP contribution in [0.1, 0.15) is 17.5 Å². The monoisotopic (exact) mass is 477 g/mol. The summed E-state index contributed by atoms with van der Waals surface area (Å²) in [6.07, 6.45) is 3.82. The number of aromatic nitrogens is 2. The van der Waals surface area contributed by atoms with Crippen LogP contribution in [0.3, 0.4) is 0 Å². The maximum absolute atomic E-state index is 8.36. The highest BCUT2D eigenvalue weighted by molar-refractivity contribution is 6.36. The van der Waals surface area contributed by atoms with Gasteiger partial charge in [-0.2, -0.15) is 0 Å². The zero-order valence-corrected chi connectivity index (χ0v) is 18.0. The summed E-state index contributed by atoms with van der Waals surface area (Å²) < 4.78 is 7.55. The summed E-state index contributed by atoms with van der Waals surface area (Å²) in [4.78, 5) is 12.8. The molecule has 3 rings (SSSR count). The van der Waals surface area contributed by atoms with Crippen molar-refractivity contribution in [2.45, 2.75) is 12.5 Å². The van der Waals surface area contributed by atoms with E-state index in [1.165, 1.54) is 0 Å². The van der Waals surface area contributed by atoms with Crippen LogP contribution in [-0.2, 0) is 11.2 Å². The van der Waals surface area contributed by atoms with Crippen LogP contribution in [0.25, 0.3) is 5.69 Å². The molecule has 0 radical (unpaired) electrons. The molecular weight excluding hydrogens is 464 g/mol. The highest BCUT2D eigenvalue weighted by Gasteiger charge is 2.19. The van der Waals surface area contributed by atoms with Gasteiger partial charge in [0.15, 0.2) is 0 Å². The minimum absolute atomic E-state index is 0.267. The lowest BCUT2D eigenvalue weighted by atomic mass is 10.1. The van der Waals surface area contributed by atoms with Gasteiger partial charge in [0.1, 0.15) is 5.82 Å². The molecule has 1 atom stereocenters. The molecule has 1 unspecified atom stereocenters. The van der Waals surface area contributed by atoms with E-state index in [4.69, 9.17) is 66.5 Å². The first kappa shape index (κ1) is 23.3. The number of hydrogen-bond donors (Lipinski definition) is 1. The number of benzene rings is 2. The van der Waals surface area contributed by atoms with Crippen LogP contribution < -0.4 is 0 Å². The average molecular weight is 479 g/mol. The second-order valence-corrected chi connectivity index (χ2v) is 7.33. The van der Waals surface area contributed by atoms with Gasteiger partial charge in [0.25, 0.3) is 5.09 Å². The van der Waals surface area contributed by atoms with Gasteiger partial charge >= 0.3 is 0 Å². The highest BCUT2D eigenvalue weighted by atomic mass is 35.5. The molecule has 1 aromatic heterocycles. The Bertz CT molecular complexity index is 993. The summed E-state index contributed by atoms with van der Waals surface area (Å²) in [5.74, 6) is 0.794. The molecule has 0 fully saturated rings. The number of methoxy groups -OCH3 is 1. The molecule has 0 saturated carbocycles. The number of rotatable bonds is 5. The summed E-state index contributed by atoms with van der Waals surface area (Å²) in [6, 6.07) is 10.7. The average Bonchev–Trinajstić information content (AvgIpc) is 3.07. The molecule has 0 aliphatic carbocycles. The molecule has 1 N–H and O–H groups in total. The Morgan fingerprint density at radius 2 is 1.72 bits per heavy atom. The molecule has 3 aromatic rings. The fourth-order valence-electron chi connectivity index (χ4n) is 2.63. The standard InChI is InChI=1S/C18H14Cl4N2O.HNO3/c1-25-17(13-4-2-11(19)8-14(13)21)10-18-23-6-7-24(18)16-5-3-12(20)9-15(16)22;2-1(3)4/h2-9,17H,10H2,1H3;(H,2,3,4). The summed E-state index contributed by atoms with van der Waals surface area (Å²) >= 11 is 24.6. The van der Waals surface area contributed by atoms with E-state index in [-0.39, 0.29) is 6.10 Å². The molecule has 1 heterocycles. The van der Waals surface area contributed by atoms with Crippen LogP contribution in [-0.4, -0.2) is 27.0 Å². The summed E-state index contributed by atoms with van der Waals surface area (Å²) in [5.41, 5.74) is 1.65. The predicted molar refractivity (Wildman–Crippen MR) is 112 cm³/mol. The van der Waals surface area contributed by atoms with Crippen LogP contribution >= 0.6 is 46.4 Å². The van der Waals surface area contributed by atoms with E-state index in [1.807, 2.05) is 22.9 Å². The molecule has 29 heavy (non-hydrogen) atoms. The van der Waals surface area contributed by atoms with E-state index in [2.05, 4.69) is 4.98 Å². The van der Waals surface area contributed by atoms with E-state index in [9.17, 15) is 0 Å². The third-order valence-corrected chi connectivity index (χ3v) is 4.95. The van der Waals surface area contributed by atoms with Gasteiger partial charge in [0, 0.05) is 41.0 Å². The fraction of sp³-hybridized carbons (Fsp3) is 0.167. The van der Waals surface area contributed by atoms with Gasteiger partial charge in [0.05, 0.1) is 16.8 Å². The van der Waals surface area contributed by atoms with Gasteiger partial charge in [-0.05, 0) is 35.9 Å². The lowest BCUT2D eigenvalue weighted by Gasteiger charge is -2.18. The van der Waals surface area contributed by atoms with Crippen LogP contribution in [0.2, 0.25) is 20.1 Å². The van der Waals surface area contributed by atoms with Crippen LogP contribution in [0, 0.1) is 10.1 Å². The molecule has 0 amide bonds. The molecule has 154 valence electrons. The Hall–Kier alpha value is -2.03. The Labute approximate surface area is 186 Å². The molecule has 2 aromatic carbocycles. The number of nitrogens with zero attached hydrogens (tertiary/aromatic N) is 3. The Balaban J connectivity index is 0.000000687. The molecule has 11 heteroatoms. The zero-order chi connectivity index (χ0) is 21.6. The zero-order valence-electron chi connectivity index (χ0n) is 14.9. The van der Waals surface area contributed by atoms with Gasteiger partial charge in [-0.1, -0.05) is 52.5 Å². The van der Waals surface area contributed by atoms with Crippen molar-refractivity contribution in [3.8, 4) is 5.69 Å². The number of ether oxygens (including phenoxy) is 1. The van der Waals surface area contributed by atoms with Crippen molar-refractivity contribution in [3.05, 3.63) is 90.4 Å². The van der Waals surface area contributed by atoms with Gasteiger partial charge in [-0.3, -0.25) is 0 Å². The minimum atomic E-state index is -1.50. The van der Waals surface area contributed by atoms with Crippen molar-refractivity contribution in [2.24, 2.45) is 0 Å². The normalized spacial score (nSPS) is 11.5. The van der Waals surface area contributed by atoms with E-state index < -0.39 is 5.09 Å². The number of halogens is 4. The minimum Gasteiger partial charge on any atom is -0.376 e. The first-order valence-corrected chi connectivity index (χ1v) is 9.52. The van der Waals surface area contributed by atoms with Crippen molar-refractivity contribution in [2.75, 3.05) is 7.11 Å². The number of hydrogen-bond acceptors (Lipinski definition) is 4. The Morgan fingerprint density at radius 3 is 2.28 bits per heavy atom. The van der Waals surface area contributed by atoms with Gasteiger partial charge in [-0.15, -0.1) is 10.1 Å². The third kappa shape index (κ3) is 6.48. The maximum atomic E-state index is 8.36. The van der Waals surface area contributed by atoms with E-state index in [0.717, 1.165) is 17.1 Å². The summed E-state index contributed by atoms with van der Waals surface area (Å²) in [7, 11) is 1.64. The van der Waals surface area contributed by atoms with Crippen LogP contribution in [0.5, 0.6) is 0 Å². The van der Waals surface area contributed by atoms with Crippen LogP contribution in [0.15, 0.2) is 48.8 Å². The molecule has 7 nitrogen and oxygen atoms in total. The topological polar surface area (TPSA) is 90.4 Å². The van der Waals surface area contributed by atoms with E-state index in [1.54, 1.807) is 37.6 Å². The predicted octanol–water partition coefficient (Wildman–Crippen LogP) is 6.07. The smallest absolute Gasteiger partial charge is 0.291 e. The van der Waals surface area contributed by atoms with Crippen LogP contribution in [0.4, 0.5) is 0 Å². The second kappa shape index (κ2) is 10.7. The summed E-state index contributed by atoms with van der Waals surface area (Å²) in [5, 5.41) is 15.9. The van der Waals surface area contributed by atoms with Gasteiger partial charge in [0.2, 0.25) is 0 Å². The largest absolute Gasteiger partial charge is 0.376 e. The first-order valence-electron chi connectivity index (χ1n) is 8.01. The number of imidazole rings is 1. The van der Waals surface area contributed by atoms with Crippen molar-refractivity contribution >= 4 is 46.4 Å². The van der Waals surface area contributed by atoms with Gasteiger partial charge < -0.3 is 14.5 Å². The van der Waals surface area contributed by atoms with E-state index >= 15 is 0 Å². The lowest BCUT2D eigenvalue weighted by Crippen LogP contribution is -2.11. The summed E-state index contributed by atoms with van der Waals surface area (Å²) in [6.45, 7) is 0. The molecule has 0 aliphatic rings. The lowest BCUT2D eigenvalue weighted by molar-refractivity contribution is -0.742. The third-order valence-electron chi connectivity index (χ3n) is 3.85. The molecule has 0 aliphatic heterocycles. The second-order valence-electron chi connectivity index (χ2n) is 5.64. The first-order chi connectivity index (χ1) is 13.7. The highest BCUT2D eigenvalue weighted by Crippen LogP contribution is 2.31. The van der Waals surface area contributed by atoms with Gasteiger partial charge in [-0.25, -0.2) is 4.98 Å². The molecule has 0 saturated heterocycles. The fourth-order valence-corrected chi connectivity index (χ4v) is 3.66.